The highest BCUT2D eigenvalue weighted by Gasteiger charge is 2.15. The van der Waals surface area contributed by atoms with Crippen molar-refractivity contribution in [3.63, 3.8) is 0 Å². The fraction of sp³-hybridized carbons (Fsp3) is 0.333. The van der Waals surface area contributed by atoms with Crippen molar-refractivity contribution >= 4 is 23.5 Å². The van der Waals surface area contributed by atoms with Crippen LogP contribution in [-0.4, -0.2) is 47.3 Å². The van der Waals surface area contributed by atoms with E-state index < -0.39 is 0 Å². The molecule has 27 heavy (non-hydrogen) atoms. The summed E-state index contributed by atoms with van der Waals surface area (Å²) in [4.78, 5) is 22.3. The first kappa shape index (κ1) is 20.3. The number of nitrogens with two attached hydrogens (primary N) is 1. The monoisotopic (exact) mass is 387 g/mol. The molecule has 8 nitrogen and oxygen atoms in total. The van der Waals surface area contributed by atoms with Crippen molar-refractivity contribution < 1.29 is 14.3 Å². The number of carbonyl (C=O) groups excluding carboxylic acids is 1. The number of aromatic nitrogens is 2. The van der Waals surface area contributed by atoms with E-state index in [0.717, 1.165) is 5.56 Å². The van der Waals surface area contributed by atoms with E-state index in [0.29, 0.717) is 29.7 Å². The first-order chi connectivity index (χ1) is 13.0. The average Bonchev–Trinajstić information content (AvgIpc) is 2.70. The molecule has 0 unspecified atom stereocenters. The molecule has 2 rings (SSSR count). The number of carbonyl (C=O) groups is 1. The second kappa shape index (κ2) is 9.64. The Morgan fingerprint density at radius 2 is 2.07 bits per heavy atom. The molecule has 0 saturated carbocycles. The molecule has 0 spiro atoms. The SMILES string of the molecule is CCN(Cc1ccc(OC)c(OC)c1)C(=O)CSc1ncc(C#N)c(N)n1. The molecule has 0 saturated heterocycles. The van der Waals surface area contributed by atoms with Crippen LogP contribution in [0.5, 0.6) is 11.5 Å². The van der Waals surface area contributed by atoms with Crippen LogP contribution in [0.1, 0.15) is 18.1 Å². The number of rotatable bonds is 8. The quantitative estimate of drug-likeness (QED) is 0.541. The number of thioether (sulfide) groups is 1. The van der Waals surface area contributed by atoms with Gasteiger partial charge in [-0.1, -0.05) is 17.8 Å². The molecule has 0 radical (unpaired) electrons. The third kappa shape index (κ3) is 5.24. The molecule has 0 aliphatic rings. The molecule has 2 aromatic rings. The van der Waals surface area contributed by atoms with Gasteiger partial charge in [0, 0.05) is 13.1 Å². The summed E-state index contributed by atoms with van der Waals surface area (Å²) in [5, 5.41) is 9.21. The zero-order valence-electron chi connectivity index (χ0n) is 15.4. The second-order valence-corrected chi connectivity index (χ2v) is 6.39. The number of nitrogen functional groups attached to an aromatic ring is 1. The van der Waals surface area contributed by atoms with Crippen LogP contribution in [0, 0.1) is 11.3 Å². The fourth-order valence-electron chi connectivity index (χ4n) is 2.33. The van der Waals surface area contributed by atoms with Gasteiger partial charge in [0.05, 0.1) is 26.2 Å². The van der Waals surface area contributed by atoms with Crippen molar-refractivity contribution in [3.05, 3.63) is 35.5 Å². The van der Waals surface area contributed by atoms with Crippen LogP contribution in [0.3, 0.4) is 0 Å². The summed E-state index contributed by atoms with van der Waals surface area (Å²) in [5.74, 6) is 1.49. The largest absolute Gasteiger partial charge is 0.493 e. The maximum atomic E-state index is 12.5. The lowest BCUT2D eigenvalue weighted by molar-refractivity contribution is -0.128. The minimum absolute atomic E-state index is 0.0520. The minimum atomic E-state index is -0.0520. The third-order valence-corrected chi connectivity index (χ3v) is 4.64. The standard InChI is InChI=1S/C18H21N5O3S/c1-4-23(10-12-5-6-14(25-2)15(7-12)26-3)16(24)11-27-18-21-9-13(8-19)17(20)22-18/h5-7,9H,4,10-11H2,1-3H3,(H2,20,21,22). The number of benzene rings is 1. The molecule has 142 valence electrons. The van der Waals surface area contributed by atoms with Gasteiger partial charge in [-0.05, 0) is 24.6 Å². The molecule has 1 amide bonds. The zero-order chi connectivity index (χ0) is 19.8. The van der Waals surface area contributed by atoms with Gasteiger partial charge in [0.1, 0.15) is 17.5 Å². The Morgan fingerprint density at radius 3 is 2.67 bits per heavy atom. The molecule has 1 aromatic heterocycles. The number of anilines is 1. The van der Waals surface area contributed by atoms with E-state index in [9.17, 15) is 4.79 Å². The van der Waals surface area contributed by atoms with Gasteiger partial charge in [-0.3, -0.25) is 4.79 Å². The number of methoxy groups -OCH3 is 2. The average molecular weight is 387 g/mol. The molecule has 2 N–H and O–H groups in total. The molecule has 0 aliphatic heterocycles. The highest BCUT2D eigenvalue weighted by atomic mass is 32.2. The smallest absolute Gasteiger partial charge is 0.233 e. The Hall–Kier alpha value is -2.99. The van der Waals surface area contributed by atoms with Crippen LogP contribution >= 0.6 is 11.8 Å². The zero-order valence-corrected chi connectivity index (χ0v) is 16.2. The lowest BCUT2D eigenvalue weighted by atomic mass is 10.2. The van der Waals surface area contributed by atoms with Gasteiger partial charge in [-0.25, -0.2) is 9.97 Å². The molecule has 1 aromatic carbocycles. The number of hydrogen-bond donors (Lipinski definition) is 1. The van der Waals surface area contributed by atoms with E-state index in [-0.39, 0.29) is 23.0 Å². The van der Waals surface area contributed by atoms with Gasteiger partial charge in [-0.2, -0.15) is 5.26 Å². The third-order valence-electron chi connectivity index (χ3n) is 3.80. The molecule has 1 heterocycles. The first-order valence-electron chi connectivity index (χ1n) is 8.16. The lowest BCUT2D eigenvalue weighted by Crippen LogP contribution is -2.31. The predicted octanol–water partition coefficient (Wildman–Crippen LogP) is 2.09. The van der Waals surface area contributed by atoms with E-state index in [1.54, 1.807) is 19.1 Å². The van der Waals surface area contributed by atoms with Crippen molar-refractivity contribution in [1.82, 2.24) is 14.9 Å². The summed E-state index contributed by atoms with van der Waals surface area (Å²) >= 11 is 1.18. The van der Waals surface area contributed by atoms with Gasteiger partial charge in [0.2, 0.25) is 5.91 Å². The highest BCUT2D eigenvalue weighted by molar-refractivity contribution is 7.99. The van der Waals surface area contributed by atoms with Crippen LogP contribution in [0.2, 0.25) is 0 Å². The van der Waals surface area contributed by atoms with Crippen LogP contribution < -0.4 is 15.2 Å². The number of amides is 1. The van der Waals surface area contributed by atoms with E-state index in [1.807, 2.05) is 31.2 Å². The maximum absolute atomic E-state index is 12.5. The second-order valence-electron chi connectivity index (χ2n) is 5.45. The van der Waals surface area contributed by atoms with Crippen molar-refractivity contribution in [2.75, 3.05) is 32.3 Å². The van der Waals surface area contributed by atoms with Crippen LogP contribution in [0.15, 0.2) is 29.6 Å². The van der Waals surface area contributed by atoms with Gasteiger partial charge in [-0.15, -0.1) is 0 Å². The van der Waals surface area contributed by atoms with Crippen molar-refractivity contribution in [2.45, 2.75) is 18.6 Å². The normalized spacial score (nSPS) is 10.1. The first-order valence-corrected chi connectivity index (χ1v) is 9.15. The van der Waals surface area contributed by atoms with Gasteiger partial charge in [0.15, 0.2) is 16.7 Å². The summed E-state index contributed by atoms with van der Waals surface area (Å²) in [6, 6.07) is 7.47. The number of nitrogens with zero attached hydrogens (tertiary/aromatic N) is 4. The highest BCUT2D eigenvalue weighted by Crippen LogP contribution is 2.28. The van der Waals surface area contributed by atoms with Crippen molar-refractivity contribution in [2.24, 2.45) is 0 Å². The Kier molecular flexibility index (Phi) is 7.25. The topological polar surface area (TPSA) is 114 Å². The summed E-state index contributed by atoms with van der Waals surface area (Å²) in [5.41, 5.74) is 6.83. The van der Waals surface area contributed by atoms with Crippen molar-refractivity contribution in [3.8, 4) is 17.6 Å². The van der Waals surface area contributed by atoms with Crippen molar-refractivity contribution in [1.29, 1.82) is 5.26 Å². The van der Waals surface area contributed by atoms with Gasteiger partial charge in [0.25, 0.3) is 0 Å². The fourth-order valence-corrected chi connectivity index (χ4v) is 3.05. The molecule has 0 aliphatic carbocycles. The summed E-state index contributed by atoms with van der Waals surface area (Å²) < 4.78 is 10.5. The molecule has 0 atom stereocenters. The van der Waals surface area contributed by atoms with E-state index in [4.69, 9.17) is 20.5 Å². The van der Waals surface area contributed by atoms with Crippen LogP contribution in [0.25, 0.3) is 0 Å². The summed E-state index contributed by atoms with van der Waals surface area (Å²) in [7, 11) is 3.15. The van der Waals surface area contributed by atoms with Crippen LogP contribution in [-0.2, 0) is 11.3 Å². The summed E-state index contributed by atoms with van der Waals surface area (Å²) in [6.07, 6.45) is 1.36. The number of ether oxygens (including phenoxy) is 2. The lowest BCUT2D eigenvalue weighted by Gasteiger charge is -2.21. The van der Waals surface area contributed by atoms with E-state index in [2.05, 4.69) is 9.97 Å². The summed E-state index contributed by atoms with van der Waals surface area (Å²) in [6.45, 7) is 2.93. The van der Waals surface area contributed by atoms with Gasteiger partial charge >= 0.3 is 0 Å². The maximum Gasteiger partial charge on any atom is 0.233 e. The molecule has 0 fully saturated rings. The molecule has 0 bridgehead atoms. The Bertz CT molecular complexity index is 853. The Morgan fingerprint density at radius 1 is 1.33 bits per heavy atom. The van der Waals surface area contributed by atoms with Crippen LogP contribution in [0.4, 0.5) is 5.82 Å². The van der Waals surface area contributed by atoms with Gasteiger partial charge < -0.3 is 20.1 Å². The number of nitriles is 1. The molecular formula is C18H21N5O3S. The number of hydrogen-bond acceptors (Lipinski definition) is 8. The van der Waals surface area contributed by atoms with E-state index in [1.165, 1.54) is 18.0 Å². The minimum Gasteiger partial charge on any atom is -0.493 e. The predicted molar refractivity (Wildman–Crippen MR) is 103 cm³/mol. The van der Waals surface area contributed by atoms with E-state index >= 15 is 0 Å². The Balaban J connectivity index is 2.01. The molecule has 9 heteroatoms. The Labute approximate surface area is 162 Å². The molecular weight excluding hydrogens is 366 g/mol.